The van der Waals surface area contributed by atoms with Crippen LogP contribution in [0.2, 0.25) is 0 Å². The van der Waals surface area contributed by atoms with E-state index in [0.29, 0.717) is 0 Å². The summed E-state index contributed by atoms with van der Waals surface area (Å²) >= 11 is 0. The summed E-state index contributed by atoms with van der Waals surface area (Å²) < 4.78 is 0. The number of hydrogen-bond donors (Lipinski definition) is 0. The summed E-state index contributed by atoms with van der Waals surface area (Å²) in [6.07, 6.45) is 13.5. The van der Waals surface area contributed by atoms with Crippen molar-refractivity contribution in [2.24, 2.45) is 0 Å². The molecular weight excluding hydrogens is 182 g/mol. The van der Waals surface area contributed by atoms with Crippen molar-refractivity contribution in [1.29, 1.82) is 0 Å². The summed E-state index contributed by atoms with van der Waals surface area (Å²) in [6, 6.07) is 6.18. The summed E-state index contributed by atoms with van der Waals surface area (Å²) in [5, 5.41) is 0. The molecule has 0 spiro atoms. The molecule has 1 nitrogen and oxygen atoms in total. The summed E-state index contributed by atoms with van der Waals surface area (Å²) in [5.41, 5.74) is 2.80. The summed E-state index contributed by atoms with van der Waals surface area (Å²) in [4.78, 5) is 4.39. The lowest BCUT2D eigenvalue weighted by atomic mass is 9.97. The first-order valence-corrected chi connectivity index (χ1v) is 6.03. The fourth-order valence-corrected chi connectivity index (χ4v) is 2.15. The lowest BCUT2D eigenvalue weighted by Crippen LogP contribution is -1.96. The Morgan fingerprint density at radius 1 is 1.07 bits per heavy atom. The lowest BCUT2D eigenvalue weighted by Gasteiger charge is -2.10. The van der Waals surface area contributed by atoms with E-state index in [-0.39, 0.29) is 0 Å². The van der Waals surface area contributed by atoms with Gasteiger partial charge in [-0.15, -0.1) is 0 Å². The maximum Gasteiger partial charge on any atom is 0.0444 e. The highest BCUT2D eigenvalue weighted by molar-refractivity contribution is 5.15. The van der Waals surface area contributed by atoms with Crippen LogP contribution in [0.15, 0.2) is 36.0 Å². The van der Waals surface area contributed by atoms with Crippen LogP contribution in [0.1, 0.15) is 44.2 Å². The van der Waals surface area contributed by atoms with Gasteiger partial charge in [0.2, 0.25) is 0 Å². The molecule has 0 aliphatic heterocycles. The van der Waals surface area contributed by atoms with E-state index in [2.05, 4.69) is 23.2 Å². The summed E-state index contributed by atoms with van der Waals surface area (Å²) in [6.45, 7) is 0. The van der Waals surface area contributed by atoms with E-state index < -0.39 is 0 Å². The van der Waals surface area contributed by atoms with Gasteiger partial charge in [-0.25, -0.2) is 0 Å². The first kappa shape index (κ1) is 10.4. The number of aromatic nitrogens is 1. The molecule has 15 heavy (non-hydrogen) atoms. The molecule has 0 amide bonds. The van der Waals surface area contributed by atoms with E-state index in [1.54, 1.807) is 5.57 Å². The molecule has 1 aliphatic carbocycles. The van der Waals surface area contributed by atoms with Crippen LogP contribution in [0, 0.1) is 0 Å². The van der Waals surface area contributed by atoms with Crippen molar-refractivity contribution in [2.75, 3.05) is 0 Å². The number of allylic oxidation sites excluding steroid dienone is 2. The fourth-order valence-electron chi connectivity index (χ4n) is 2.15. The molecule has 0 saturated heterocycles. The third-order valence-corrected chi connectivity index (χ3v) is 3.02. The SMILES string of the molecule is C1=C(Cc2ccccn2)CCCCCC1. The standard InChI is InChI=1S/C14H19N/c1-2-4-8-13(9-5-3-1)12-14-10-6-7-11-15-14/h6-8,10-11H,1-5,9,12H2. The molecule has 1 aromatic heterocycles. The molecule has 0 unspecified atom stereocenters. The van der Waals surface area contributed by atoms with Gasteiger partial charge < -0.3 is 0 Å². The van der Waals surface area contributed by atoms with Gasteiger partial charge in [-0.1, -0.05) is 30.6 Å². The fraction of sp³-hybridized carbons (Fsp3) is 0.500. The summed E-state index contributed by atoms with van der Waals surface area (Å²) in [7, 11) is 0. The molecule has 0 atom stereocenters. The predicted octanol–water partition coefficient (Wildman–Crippen LogP) is 3.90. The quantitative estimate of drug-likeness (QED) is 0.661. The van der Waals surface area contributed by atoms with E-state index in [1.165, 1.54) is 44.2 Å². The lowest BCUT2D eigenvalue weighted by molar-refractivity contribution is 0.619. The van der Waals surface area contributed by atoms with Crippen molar-refractivity contribution in [1.82, 2.24) is 4.98 Å². The highest BCUT2D eigenvalue weighted by atomic mass is 14.7. The summed E-state index contributed by atoms with van der Waals surface area (Å²) in [5.74, 6) is 0. The first-order chi connectivity index (χ1) is 7.45. The van der Waals surface area contributed by atoms with Crippen LogP contribution >= 0.6 is 0 Å². The van der Waals surface area contributed by atoms with Gasteiger partial charge in [-0.05, 0) is 37.8 Å². The van der Waals surface area contributed by atoms with Gasteiger partial charge in [-0.3, -0.25) is 4.98 Å². The third kappa shape index (κ3) is 3.50. The zero-order valence-electron chi connectivity index (χ0n) is 9.28. The Bertz CT molecular complexity index is 313. The Labute approximate surface area is 92.2 Å². The average Bonchev–Trinajstić information content (AvgIpc) is 2.23. The Morgan fingerprint density at radius 3 is 2.87 bits per heavy atom. The highest BCUT2D eigenvalue weighted by Gasteiger charge is 2.03. The molecule has 0 fully saturated rings. The number of nitrogens with zero attached hydrogens (tertiary/aromatic N) is 1. The van der Waals surface area contributed by atoms with E-state index >= 15 is 0 Å². The Hall–Kier alpha value is -1.11. The minimum absolute atomic E-state index is 1.06. The molecule has 0 aromatic carbocycles. The second-order valence-corrected chi connectivity index (χ2v) is 4.31. The highest BCUT2D eigenvalue weighted by Crippen LogP contribution is 2.19. The second kappa shape index (κ2) is 5.69. The van der Waals surface area contributed by atoms with Gasteiger partial charge in [0, 0.05) is 18.3 Å². The zero-order valence-corrected chi connectivity index (χ0v) is 9.28. The molecule has 0 radical (unpaired) electrons. The van der Waals surface area contributed by atoms with Crippen molar-refractivity contribution in [3.63, 3.8) is 0 Å². The largest absolute Gasteiger partial charge is 0.261 e. The van der Waals surface area contributed by atoms with Gasteiger partial charge in [0.25, 0.3) is 0 Å². The number of hydrogen-bond acceptors (Lipinski definition) is 1. The van der Waals surface area contributed by atoms with Crippen LogP contribution in [0.5, 0.6) is 0 Å². The molecule has 0 N–H and O–H groups in total. The van der Waals surface area contributed by atoms with Gasteiger partial charge >= 0.3 is 0 Å². The zero-order chi connectivity index (χ0) is 10.3. The average molecular weight is 201 g/mol. The van der Waals surface area contributed by atoms with E-state index in [9.17, 15) is 0 Å². The Morgan fingerprint density at radius 2 is 2.00 bits per heavy atom. The Kier molecular flexibility index (Phi) is 3.95. The van der Waals surface area contributed by atoms with E-state index in [0.717, 1.165) is 6.42 Å². The minimum atomic E-state index is 1.06. The van der Waals surface area contributed by atoms with Crippen LogP contribution in [0.4, 0.5) is 0 Å². The first-order valence-electron chi connectivity index (χ1n) is 6.03. The molecule has 2 rings (SSSR count). The van der Waals surface area contributed by atoms with Crippen molar-refractivity contribution < 1.29 is 0 Å². The van der Waals surface area contributed by atoms with Gasteiger partial charge in [-0.2, -0.15) is 0 Å². The molecule has 1 aliphatic rings. The van der Waals surface area contributed by atoms with Crippen LogP contribution in [0.25, 0.3) is 0 Å². The van der Waals surface area contributed by atoms with Crippen LogP contribution < -0.4 is 0 Å². The maximum atomic E-state index is 4.39. The maximum absolute atomic E-state index is 4.39. The van der Waals surface area contributed by atoms with Crippen molar-refractivity contribution in [2.45, 2.75) is 44.9 Å². The van der Waals surface area contributed by atoms with E-state index in [1.807, 2.05) is 12.3 Å². The third-order valence-electron chi connectivity index (χ3n) is 3.02. The molecule has 0 bridgehead atoms. The van der Waals surface area contributed by atoms with Gasteiger partial charge in [0.1, 0.15) is 0 Å². The van der Waals surface area contributed by atoms with Crippen molar-refractivity contribution in [3.8, 4) is 0 Å². The number of pyridine rings is 1. The number of rotatable bonds is 2. The second-order valence-electron chi connectivity index (χ2n) is 4.31. The Balaban J connectivity index is 1.97. The smallest absolute Gasteiger partial charge is 0.0444 e. The van der Waals surface area contributed by atoms with Gasteiger partial charge in [0.05, 0.1) is 0 Å². The topological polar surface area (TPSA) is 12.9 Å². The molecule has 80 valence electrons. The minimum Gasteiger partial charge on any atom is -0.261 e. The van der Waals surface area contributed by atoms with Crippen molar-refractivity contribution in [3.05, 3.63) is 41.7 Å². The van der Waals surface area contributed by atoms with Crippen LogP contribution in [-0.2, 0) is 6.42 Å². The molecule has 1 heterocycles. The van der Waals surface area contributed by atoms with Gasteiger partial charge in [0.15, 0.2) is 0 Å². The van der Waals surface area contributed by atoms with Crippen LogP contribution in [-0.4, -0.2) is 4.98 Å². The molecule has 0 saturated carbocycles. The molecule has 1 aromatic rings. The van der Waals surface area contributed by atoms with Crippen molar-refractivity contribution >= 4 is 0 Å². The normalized spacial score (nSPS) is 17.7. The van der Waals surface area contributed by atoms with Crippen LogP contribution in [0.3, 0.4) is 0 Å². The predicted molar refractivity (Wildman–Crippen MR) is 63.7 cm³/mol. The van der Waals surface area contributed by atoms with E-state index in [4.69, 9.17) is 0 Å². The molecule has 1 heteroatoms. The monoisotopic (exact) mass is 201 g/mol. The molecular formula is C14H19N.